The van der Waals surface area contributed by atoms with Crippen molar-refractivity contribution in [3.63, 3.8) is 0 Å². The fourth-order valence-electron chi connectivity index (χ4n) is 3.49. The fraction of sp³-hybridized carbons (Fsp3) is 0.458. The second-order valence-electron chi connectivity index (χ2n) is 9.82. The van der Waals surface area contributed by atoms with Crippen LogP contribution in [0.4, 0.5) is 4.79 Å². The second kappa shape index (κ2) is 11.1. The molecule has 1 aliphatic rings. The van der Waals surface area contributed by atoms with E-state index in [2.05, 4.69) is 25.9 Å². The van der Waals surface area contributed by atoms with Gasteiger partial charge in [0.05, 0.1) is 47.4 Å². The van der Waals surface area contributed by atoms with Crippen molar-refractivity contribution in [2.45, 2.75) is 65.6 Å². The average Bonchev–Trinajstić information content (AvgIpc) is 3.25. The van der Waals surface area contributed by atoms with Crippen molar-refractivity contribution < 1.29 is 14.3 Å². The minimum absolute atomic E-state index is 0.135. The van der Waals surface area contributed by atoms with E-state index in [9.17, 15) is 9.59 Å². The third-order valence-corrected chi connectivity index (χ3v) is 5.34. The number of hydrogen-bond donors (Lipinski definition) is 2. The van der Waals surface area contributed by atoms with E-state index < -0.39 is 17.2 Å². The van der Waals surface area contributed by atoms with Gasteiger partial charge in [-0.15, -0.1) is 0 Å². The quantitative estimate of drug-likeness (QED) is 0.539. The van der Waals surface area contributed by atoms with Crippen LogP contribution in [0.25, 0.3) is 5.70 Å². The number of nitrogens with zero attached hydrogens (tertiary/aromatic N) is 6. The van der Waals surface area contributed by atoms with Gasteiger partial charge in [0.15, 0.2) is 0 Å². The minimum atomic E-state index is -0.696. The maximum atomic E-state index is 12.4. The van der Waals surface area contributed by atoms with Gasteiger partial charge in [0.2, 0.25) is 5.91 Å². The first-order valence-corrected chi connectivity index (χ1v) is 12.0. The zero-order chi connectivity index (χ0) is 26.5. The number of rotatable bonds is 7. The topological polar surface area (TPSA) is 117 Å². The number of carbonyl (C=O) groups excluding carboxylic acids is 2. The highest BCUT2D eigenvalue weighted by atomic mass is 35.5. The molecule has 0 aromatic carbocycles. The van der Waals surface area contributed by atoms with Gasteiger partial charge in [-0.3, -0.25) is 14.8 Å². The maximum Gasteiger partial charge on any atom is 0.426 e. The molecule has 3 rings (SSSR count). The van der Waals surface area contributed by atoms with Crippen molar-refractivity contribution in [3.05, 3.63) is 53.2 Å². The monoisotopic (exact) mass is 516 g/mol. The fourth-order valence-corrected chi connectivity index (χ4v) is 3.84. The summed E-state index contributed by atoms with van der Waals surface area (Å²) >= 11 is 6.35. The molecular weight excluding hydrogens is 484 g/mol. The number of hydrazine groups is 2. The van der Waals surface area contributed by atoms with Crippen molar-refractivity contribution in [2.24, 2.45) is 4.99 Å². The predicted octanol–water partition coefficient (Wildman–Crippen LogP) is 3.69. The molecule has 11 nitrogen and oxygen atoms in total. The summed E-state index contributed by atoms with van der Waals surface area (Å²) in [6, 6.07) is 3.59. The van der Waals surface area contributed by atoms with E-state index in [0.29, 0.717) is 11.6 Å². The standard InChI is InChI=1S/C24H33ClN8O3/c1-7-20(34)33(29-22(35)36-23(2,3)4)14-17-11-28-32(13-17)18-12-26-16-31(15-18)30-24(5,6)21-19(25)9-8-10-27-21/h8-13,16,30H,7,14-15H2,1-6H3,(H,29,35). The molecule has 2 aromatic rings. The Morgan fingerprint density at radius 3 is 2.67 bits per heavy atom. The third kappa shape index (κ3) is 7.28. The van der Waals surface area contributed by atoms with E-state index in [0.717, 1.165) is 17.0 Å². The van der Waals surface area contributed by atoms with Gasteiger partial charge in [-0.1, -0.05) is 18.5 Å². The van der Waals surface area contributed by atoms with Crippen molar-refractivity contribution in [1.82, 2.24) is 35.6 Å². The summed E-state index contributed by atoms with van der Waals surface area (Å²) < 4.78 is 6.96. The number of aromatic nitrogens is 3. The van der Waals surface area contributed by atoms with Crippen LogP contribution in [-0.2, 0) is 21.6 Å². The minimum Gasteiger partial charge on any atom is -0.443 e. The van der Waals surface area contributed by atoms with Gasteiger partial charge in [-0.2, -0.15) is 5.10 Å². The third-order valence-electron chi connectivity index (χ3n) is 5.04. The van der Waals surface area contributed by atoms with Crippen LogP contribution in [0.3, 0.4) is 0 Å². The van der Waals surface area contributed by atoms with Crippen molar-refractivity contribution in [2.75, 3.05) is 6.54 Å². The van der Waals surface area contributed by atoms with Gasteiger partial charge in [0, 0.05) is 24.4 Å². The number of amides is 2. The molecule has 194 valence electrons. The Balaban J connectivity index is 1.67. The van der Waals surface area contributed by atoms with E-state index in [4.69, 9.17) is 16.3 Å². The lowest BCUT2D eigenvalue weighted by molar-refractivity contribution is -0.134. The van der Waals surface area contributed by atoms with Crippen LogP contribution in [0.1, 0.15) is 59.2 Å². The highest BCUT2D eigenvalue weighted by Crippen LogP contribution is 2.26. The number of hydrogen-bond acceptors (Lipinski definition) is 8. The van der Waals surface area contributed by atoms with E-state index in [1.165, 1.54) is 5.01 Å². The molecule has 0 spiro atoms. The summed E-state index contributed by atoms with van der Waals surface area (Å²) in [5, 5.41) is 8.06. The van der Waals surface area contributed by atoms with E-state index >= 15 is 0 Å². The highest BCUT2D eigenvalue weighted by Gasteiger charge is 2.28. The van der Waals surface area contributed by atoms with E-state index in [-0.39, 0.29) is 18.9 Å². The molecule has 0 atom stereocenters. The summed E-state index contributed by atoms with van der Waals surface area (Å²) in [5.41, 5.74) is 6.92. The molecule has 36 heavy (non-hydrogen) atoms. The van der Waals surface area contributed by atoms with Crippen LogP contribution in [0.15, 0.2) is 41.9 Å². The van der Waals surface area contributed by atoms with Gasteiger partial charge in [-0.25, -0.2) is 30.3 Å². The lowest BCUT2D eigenvalue weighted by atomic mass is 10.0. The summed E-state index contributed by atoms with van der Waals surface area (Å²) in [7, 11) is 0. The van der Waals surface area contributed by atoms with Crippen LogP contribution in [0.5, 0.6) is 0 Å². The van der Waals surface area contributed by atoms with Gasteiger partial charge in [0.1, 0.15) is 11.9 Å². The highest BCUT2D eigenvalue weighted by molar-refractivity contribution is 6.31. The van der Waals surface area contributed by atoms with Gasteiger partial charge in [-0.05, 0) is 46.8 Å². The first-order chi connectivity index (χ1) is 16.9. The zero-order valence-electron chi connectivity index (χ0n) is 21.4. The Kier molecular flexibility index (Phi) is 8.36. The van der Waals surface area contributed by atoms with E-state index in [1.807, 2.05) is 18.9 Å². The van der Waals surface area contributed by atoms with Gasteiger partial charge in [0.25, 0.3) is 0 Å². The summed E-state index contributed by atoms with van der Waals surface area (Å²) in [6.45, 7) is 11.6. The first-order valence-electron chi connectivity index (χ1n) is 11.6. The number of nitrogens with one attached hydrogen (secondary N) is 2. The summed E-state index contributed by atoms with van der Waals surface area (Å²) in [5.74, 6) is -0.249. The molecule has 0 bridgehead atoms. The lowest BCUT2D eigenvalue weighted by Gasteiger charge is -2.34. The smallest absolute Gasteiger partial charge is 0.426 e. The average molecular weight is 517 g/mol. The SMILES string of the molecule is CCC(=O)N(Cc1cnn(C2=CN=CN(NC(C)(C)c3ncccc3Cl)C2)c1)NC(=O)OC(C)(C)C. The van der Waals surface area contributed by atoms with Crippen LogP contribution < -0.4 is 10.9 Å². The molecule has 2 aromatic heterocycles. The van der Waals surface area contributed by atoms with Crippen LogP contribution in [0.2, 0.25) is 5.02 Å². The van der Waals surface area contributed by atoms with Gasteiger partial charge < -0.3 is 4.74 Å². The first kappa shape index (κ1) is 27.2. The second-order valence-corrected chi connectivity index (χ2v) is 10.2. The van der Waals surface area contributed by atoms with Crippen LogP contribution >= 0.6 is 11.6 Å². The van der Waals surface area contributed by atoms with Crippen molar-refractivity contribution >= 4 is 35.6 Å². The Bertz CT molecular complexity index is 1150. The Morgan fingerprint density at radius 2 is 2.00 bits per heavy atom. The van der Waals surface area contributed by atoms with Gasteiger partial charge >= 0.3 is 6.09 Å². The van der Waals surface area contributed by atoms with Crippen molar-refractivity contribution in [1.29, 1.82) is 0 Å². The Morgan fingerprint density at radius 1 is 1.25 bits per heavy atom. The van der Waals surface area contributed by atoms with Crippen LogP contribution in [0, 0.1) is 0 Å². The zero-order valence-corrected chi connectivity index (χ0v) is 22.2. The molecule has 2 amide bonds. The maximum absolute atomic E-state index is 12.4. The molecule has 0 saturated carbocycles. The molecule has 0 saturated heterocycles. The number of pyridine rings is 1. The molecule has 0 fully saturated rings. The number of halogens is 1. The number of ether oxygens (including phenoxy) is 1. The summed E-state index contributed by atoms with van der Waals surface area (Å²) in [6.07, 6.45) is 8.05. The van der Waals surface area contributed by atoms with Crippen molar-refractivity contribution in [3.8, 4) is 0 Å². The summed E-state index contributed by atoms with van der Waals surface area (Å²) in [4.78, 5) is 33.4. The van der Waals surface area contributed by atoms with E-state index in [1.54, 1.807) is 75.6 Å². The molecule has 0 aliphatic carbocycles. The molecule has 12 heteroatoms. The molecular formula is C24H33ClN8O3. The predicted molar refractivity (Wildman–Crippen MR) is 137 cm³/mol. The molecule has 0 unspecified atom stereocenters. The number of carbonyl (C=O) groups is 2. The number of aliphatic imine (C=N–C) groups is 1. The largest absolute Gasteiger partial charge is 0.443 e. The van der Waals surface area contributed by atoms with Crippen LogP contribution in [-0.4, -0.2) is 55.3 Å². The lowest BCUT2D eigenvalue weighted by Crippen LogP contribution is -2.50. The molecule has 2 N–H and O–H groups in total. The molecule has 1 aliphatic heterocycles. The molecule has 3 heterocycles. The molecule has 0 radical (unpaired) electrons. The Hall–Kier alpha value is -3.44. The normalized spacial score (nSPS) is 13.9. The Labute approximate surface area is 216 Å².